The van der Waals surface area contributed by atoms with Gasteiger partial charge in [0.1, 0.15) is 11.5 Å². The molecule has 0 heterocycles. The van der Waals surface area contributed by atoms with E-state index in [0.29, 0.717) is 5.75 Å². The summed E-state index contributed by atoms with van der Waals surface area (Å²) in [5.74, 6) is 0.231. The molecule has 2 rings (SSSR count). The lowest BCUT2D eigenvalue weighted by Gasteiger charge is -2.19. The van der Waals surface area contributed by atoms with E-state index in [1.807, 2.05) is 0 Å². The van der Waals surface area contributed by atoms with Crippen molar-refractivity contribution in [3.63, 3.8) is 0 Å². The van der Waals surface area contributed by atoms with E-state index in [4.69, 9.17) is 4.74 Å². The summed E-state index contributed by atoms with van der Waals surface area (Å²) in [6.45, 7) is -5.07. The van der Waals surface area contributed by atoms with Crippen molar-refractivity contribution < 1.29 is 17.7 Å². The monoisotopic (exact) mass is 363 g/mol. The van der Waals surface area contributed by atoms with E-state index < -0.39 is 12.4 Å². The smallest absolute Gasteiger partial charge is 0.460 e. The van der Waals surface area contributed by atoms with Crippen molar-refractivity contribution >= 4 is 35.0 Å². The van der Waals surface area contributed by atoms with Gasteiger partial charge in [-0.05, 0) is 52.9 Å². The number of hydrogen-bond donors (Lipinski definition) is 0. The van der Waals surface area contributed by atoms with Crippen LogP contribution in [0.25, 0.3) is 0 Å². The molecule has 1 nitrogen and oxygen atoms in total. The predicted octanol–water partition coefficient (Wildman–Crippen LogP) is 4.14. The Morgan fingerprint density at radius 2 is 1.50 bits per heavy atom. The van der Waals surface area contributed by atoms with Gasteiger partial charge < -0.3 is 17.7 Å². The average Bonchev–Trinajstić information content (AvgIpc) is 2.31. The summed E-state index contributed by atoms with van der Waals surface area (Å²) in [6.07, 6.45) is 0. The standard InChI is InChI=1S/C12H8BF3IO/c14-13(15,16)11-3-1-2-4-12(11)18-10-7-5-9(17)6-8-10/h1-8H/q-1. The molecule has 0 bridgehead atoms. The van der Waals surface area contributed by atoms with Crippen LogP contribution in [0.3, 0.4) is 0 Å². The molecule has 0 saturated heterocycles. The van der Waals surface area contributed by atoms with Gasteiger partial charge in [0.15, 0.2) is 0 Å². The van der Waals surface area contributed by atoms with E-state index in [1.54, 1.807) is 24.3 Å². The van der Waals surface area contributed by atoms with Gasteiger partial charge in [-0.1, -0.05) is 23.7 Å². The van der Waals surface area contributed by atoms with Crippen LogP contribution in [0.5, 0.6) is 11.5 Å². The van der Waals surface area contributed by atoms with Crippen molar-refractivity contribution in [2.45, 2.75) is 0 Å². The Balaban J connectivity index is 2.32. The largest absolute Gasteiger partial charge is 0.513 e. The van der Waals surface area contributed by atoms with Gasteiger partial charge in [-0.2, -0.15) is 0 Å². The molecule has 0 aromatic heterocycles. The van der Waals surface area contributed by atoms with E-state index in [9.17, 15) is 12.9 Å². The van der Waals surface area contributed by atoms with Crippen molar-refractivity contribution in [1.29, 1.82) is 0 Å². The first-order valence-corrected chi connectivity index (χ1v) is 6.27. The molecule has 0 aliphatic carbocycles. The fraction of sp³-hybridized carbons (Fsp3) is 0. The van der Waals surface area contributed by atoms with Crippen LogP contribution in [-0.2, 0) is 0 Å². The van der Waals surface area contributed by atoms with Gasteiger partial charge in [0.2, 0.25) is 0 Å². The Bertz CT molecular complexity index is 540. The molecule has 0 N–H and O–H groups in total. The minimum absolute atomic E-state index is 0.161. The molecule has 0 atom stereocenters. The van der Waals surface area contributed by atoms with Gasteiger partial charge in [0, 0.05) is 3.57 Å². The first-order chi connectivity index (χ1) is 8.47. The van der Waals surface area contributed by atoms with Gasteiger partial charge in [-0.3, -0.25) is 0 Å². The van der Waals surface area contributed by atoms with E-state index in [-0.39, 0.29) is 5.75 Å². The molecule has 0 radical (unpaired) electrons. The Kier molecular flexibility index (Phi) is 3.84. The van der Waals surface area contributed by atoms with E-state index in [1.165, 1.54) is 18.2 Å². The van der Waals surface area contributed by atoms with E-state index >= 15 is 0 Å². The summed E-state index contributed by atoms with van der Waals surface area (Å²) in [6, 6.07) is 12.1. The summed E-state index contributed by atoms with van der Waals surface area (Å²) in [7, 11) is 0. The molecule has 6 heteroatoms. The molecule has 18 heavy (non-hydrogen) atoms. The topological polar surface area (TPSA) is 9.23 Å². The molecular formula is C12H8BF3IO-. The maximum Gasteiger partial charge on any atom is 0.513 e. The number of para-hydroxylation sites is 1. The summed E-state index contributed by atoms with van der Waals surface area (Å²) in [5, 5.41) is 0. The SMILES string of the molecule is F[B-](F)(F)c1ccccc1Oc1ccc(I)cc1. The van der Waals surface area contributed by atoms with Gasteiger partial charge in [0.25, 0.3) is 0 Å². The normalized spacial score (nSPS) is 11.3. The van der Waals surface area contributed by atoms with Crippen molar-refractivity contribution in [3.05, 3.63) is 52.1 Å². The van der Waals surface area contributed by atoms with Crippen LogP contribution < -0.4 is 10.2 Å². The first-order valence-electron chi connectivity index (χ1n) is 5.19. The van der Waals surface area contributed by atoms with E-state index in [0.717, 1.165) is 9.64 Å². The summed E-state index contributed by atoms with van der Waals surface area (Å²) in [5.41, 5.74) is -0.712. The van der Waals surface area contributed by atoms with Gasteiger partial charge in [-0.15, -0.1) is 0 Å². The molecule has 0 aliphatic heterocycles. The fourth-order valence-electron chi connectivity index (χ4n) is 1.47. The highest BCUT2D eigenvalue weighted by molar-refractivity contribution is 14.1. The van der Waals surface area contributed by atoms with Gasteiger partial charge in [0.05, 0.1) is 0 Å². The van der Waals surface area contributed by atoms with Crippen molar-refractivity contribution in [2.75, 3.05) is 0 Å². The first kappa shape index (κ1) is 13.3. The average molecular weight is 363 g/mol. The Morgan fingerprint density at radius 3 is 2.11 bits per heavy atom. The summed E-state index contributed by atoms with van der Waals surface area (Å²) < 4.78 is 44.7. The molecule has 0 amide bonds. The maximum atomic E-state index is 12.8. The molecule has 0 aliphatic rings. The van der Waals surface area contributed by atoms with Crippen LogP contribution in [-0.4, -0.2) is 6.98 Å². The zero-order chi connectivity index (χ0) is 13.2. The zero-order valence-electron chi connectivity index (χ0n) is 9.12. The Hall–Kier alpha value is -1.18. The number of hydrogen-bond acceptors (Lipinski definition) is 1. The molecule has 2 aromatic carbocycles. The minimum Gasteiger partial charge on any atom is -0.460 e. The maximum absolute atomic E-state index is 12.8. The quantitative estimate of drug-likeness (QED) is 0.589. The Morgan fingerprint density at radius 1 is 0.889 bits per heavy atom. The van der Waals surface area contributed by atoms with Crippen molar-refractivity contribution in [3.8, 4) is 11.5 Å². The number of halogens is 4. The molecule has 94 valence electrons. The third-order valence-electron chi connectivity index (χ3n) is 2.31. The lowest BCUT2D eigenvalue weighted by atomic mass is 9.79. The van der Waals surface area contributed by atoms with Crippen molar-refractivity contribution in [1.82, 2.24) is 0 Å². The molecular weight excluding hydrogens is 355 g/mol. The van der Waals surface area contributed by atoms with Crippen LogP contribution in [0.15, 0.2) is 48.5 Å². The van der Waals surface area contributed by atoms with Gasteiger partial charge in [-0.25, -0.2) is 0 Å². The highest BCUT2D eigenvalue weighted by Gasteiger charge is 2.29. The van der Waals surface area contributed by atoms with E-state index in [2.05, 4.69) is 22.6 Å². The molecule has 0 spiro atoms. The number of benzene rings is 2. The van der Waals surface area contributed by atoms with Gasteiger partial charge >= 0.3 is 6.98 Å². The fourth-order valence-corrected chi connectivity index (χ4v) is 1.83. The number of rotatable bonds is 3. The van der Waals surface area contributed by atoms with Crippen molar-refractivity contribution in [2.24, 2.45) is 0 Å². The highest BCUT2D eigenvalue weighted by atomic mass is 127. The summed E-state index contributed by atoms with van der Waals surface area (Å²) in [4.78, 5) is 0. The predicted molar refractivity (Wildman–Crippen MR) is 74.4 cm³/mol. The lowest BCUT2D eigenvalue weighted by Crippen LogP contribution is -2.34. The minimum atomic E-state index is -5.07. The van der Waals surface area contributed by atoms with Crippen LogP contribution in [0.4, 0.5) is 12.9 Å². The van der Waals surface area contributed by atoms with Crippen LogP contribution in [0.2, 0.25) is 0 Å². The third-order valence-corrected chi connectivity index (χ3v) is 3.03. The zero-order valence-corrected chi connectivity index (χ0v) is 11.3. The number of ether oxygens (including phenoxy) is 1. The third kappa shape index (κ3) is 3.19. The van der Waals surface area contributed by atoms with Crippen LogP contribution in [0, 0.1) is 3.57 Å². The van der Waals surface area contributed by atoms with Crippen LogP contribution >= 0.6 is 22.6 Å². The second-order valence-corrected chi connectivity index (χ2v) is 4.91. The second kappa shape index (κ2) is 5.21. The molecule has 0 fully saturated rings. The molecule has 0 saturated carbocycles. The molecule has 2 aromatic rings. The Labute approximate surface area is 116 Å². The molecule has 0 unspecified atom stereocenters. The van der Waals surface area contributed by atoms with Crippen LogP contribution in [0.1, 0.15) is 0 Å². The second-order valence-electron chi connectivity index (χ2n) is 3.67. The lowest BCUT2D eigenvalue weighted by molar-refractivity contribution is 0.469. The highest BCUT2D eigenvalue weighted by Crippen LogP contribution is 2.24. The summed E-state index contributed by atoms with van der Waals surface area (Å²) >= 11 is 2.11.